The monoisotopic (exact) mass is 284 g/mol. The summed E-state index contributed by atoms with van der Waals surface area (Å²) in [5.74, 6) is -0.179. The average molecular weight is 284 g/mol. The van der Waals surface area contributed by atoms with Crippen LogP contribution in [0.1, 0.15) is 38.9 Å². The summed E-state index contributed by atoms with van der Waals surface area (Å²) in [6.07, 6.45) is -0.142. The summed E-state index contributed by atoms with van der Waals surface area (Å²) in [7, 11) is 0. The minimum Gasteiger partial charge on any atom is -0.481 e. The second-order valence-corrected chi connectivity index (χ2v) is 5.58. The first-order valence-electron chi connectivity index (χ1n) is 6.24. The molecule has 1 aromatic rings. The van der Waals surface area contributed by atoms with E-state index in [0.29, 0.717) is 11.7 Å². The standard InChI is InChI=1S/C12H20N4O4/c1-7-14-9(20-16-7)6-13-11(19)15-8(5-10(17)18)12(2,3)4/h8H,5-6H2,1-4H3,(H,17,18)(H2,13,15,19). The number of carboxylic acid groups (broad SMARTS) is 1. The van der Waals surface area contributed by atoms with Gasteiger partial charge in [0, 0.05) is 6.04 Å². The van der Waals surface area contributed by atoms with Gasteiger partial charge in [-0.1, -0.05) is 25.9 Å². The van der Waals surface area contributed by atoms with E-state index in [9.17, 15) is 9.59 Å². The minimum absolute atomic E-state index is 0.0939. The second-order valence-electron chi connectivity index (χ2n) is 5.58. The molecule has 0 fully saturated rings. The van der Waals surface area contributed by atoms with Crippen LogP contribution < -0.4 is 10.6 Å². The van der Waals surface area contributed by atoms with Crippen LogP contribution in [0, 0.1) is 12.3 Å². The molecule has 8 heteroatoms. The zero-order valence-electron chi connectivity index (χ0n) is 12.1. The number of aromatic nitrogens is 2. The van der Waals surface area contributed by atoms with E-state index >= 15 is 0 Å². The molecule has 0 bridgehead atoms. The summed E-state index contributed by atoms with van der Waals surface area (Å²) in [6.45, 7) is 7.36. The smallest absolute Gasteiger partial charge is 0.315 e. The van der Waals surface area contributed by atoms with Gasteiger partial charge in [0.2, 0.25) is 5.89 Å². The molecule has 0 aliphatic rings. The van der Waals surface area contributed by atoms with Gasteiger partial charge in [-0.05, 0) is 12.3 Å². The van der Waals surface area contributed by atoms with Crippen molar-refractivity contribution in [3.8, 4) is 0 Å². The zero-order chi connectivity index (χ0) is 15.3. The van der Waals surface area contributed by atoms with Gasteiger partial charge in [-0.2, -0.15) is 4.98 Å². The van der Waals surface area contributed by atoms with E-state index in [2.05, 4.69) is 20.8 Å². The van der Waals surface area contributed by atoms with E-state index in [1.807, 2.05) is 20.8 Å². The molecule has 0 aliphatic heterocycles. The van der Waals surface area contributed by atoms with Crippen molar-refractivity contribution in [3.05, 3.63) is 11.7 Å². The summed E-state index contributed by atoms with van der Waals surface area (Å²) in [5, 5.41) is 17.7. The molecular formula is C12H20N4O4. The van der Waals surface area contributed by atoms with Crippen molar-refractivity contribution in [2.75, 3.05) is 0 Å². The normalized spacial score (nSPS) is 12.8. The highest BCUT2D eigenvalue weighted by Crippen LogP contribution is 2.21. The van der Waals surface area contributed by atoms with Crippen molar-refractivity contribution in [3.63, 3.8) is 0 Å². The van der Waals surface area contributed by atoms with Gasteiger partial charge >= 0.3 is 12.0 Å². The molecule has 20 heavy (non-hydrogen) atoms. The third-order valence-corrected chi connectivity index (χ3v) is 2.70. The van der Waals surface area contributed by atoms with E-state index in [4.69, 9.17) is 9.63 Å². The number of carbonyl (C=O) groups excluding carboxylic acids is 1. The summed E-state index contributed by atoms with van der Waals surface area (Å²) in [5.41, 5.74) is -0.364. The molecule has 3 N–H and O–H groups in total. The fourth-order valence-electron chi connectivity index (χ4n) is 1.53. The number of hydrogen-bond acceptors (Lipinski definition) is 5. The summed E-state index contributed by atoms with van der Waals surface area (Å²) >= 11 is 0. The molecular weight excluding hydrogens is 264 g/mol. The molecule has 0 saturated heterocycles. The number of hydrogen-bond donors (Lipinski definition) is 3. The third-order valence-electron chi connectivity index (χ3n) is 2.70. The highest BCUT2D eigenvalue weighted by molar-refractivity contribution is 5.75. The molecule has 0 aromatic carbocycles. The SMILES string of the molecule is Cc1noc(CNC(=O)NC(CC(=O)O)C(C)(C)C)n1. The third kappa shape index (κ3) is 5.25. The Morgan fingerprint density at radius 2 is 2.05 bits per heavy atom. The largest absolute Gasteiger partial charge is 0.481 e. The Morgan fingerprint density at radius 1 is 1.40 bits per heavy atom. The average Bonchev–Trinajstić information content (AvgIpc) is 2.70. The number of aryl methyl sites for hydroxylation is 1. The predicted molar refractivity (Wildman–Crippen MR) is 69.9 cm³/mol. The number of urea groups is 1. The summed E-state index contributed by atoms with van der Waals surface area (Å²) in [6, 6.07) is -0.952. The molecule has 0 spiro atoms. The Bertz CT molecular complexity index is 478. The molecule has 0 aliphatic carbocycles. The maximum Gasteiger partial charge on any atom is 0.315 e. The lowest BCUT2D eigenvalue weighted by Crippen LogP contribution is -2.48. The second kappa shape index (κ2) is 6.36. The first-order valence-corrected chi connectivity index (χ1v) is 6.24. The molecule has 1 heterocycles. The molecule has 112 valence electrons. The number of carboxylic acids is 1. The van der Waals surface area contributed by atoms with Gasteiger partial charge in [-0.15, -0.1) is 0 Å². The van der Waals surface area contributed by atoms with Gasteiger partial charge in [-0.25, -0.2) is 4.79 Å². The van der Waals surface area contributed by atoms with Crippen molar-refractivity contribution in [1.82, 2.24) is 20.8 Å². The maximum atomic E-state index is 11.8. The fourth-order valence-corrected chi connectivity index (χ4v) is 1.53. The number of carbonyl (C=O) groups is 2. The lowest BCUT2D eigenvalue weighted by atomic mass is 9.85. The number of aliphatic carboxylic acids is 1. The van der Waals surface area contributed by atoms with Crippen LogP contribution in [-0.4, -0.2) is 33.3 Å². The van der Waals surface area contributed by atoms with Gasteiger partial charge in [0.25, 0.3) is 0 Å². The van der Waals surface area contributed by atoms with Crippen LogP contribution in [0.15, 0.2) is 4.52 Å². The van der Waals surface area contributed by atoms with E-state index in [1.165, 1.54) is 0 Å². The van der Waals surface area contributed by atoms with E-state index < -0.39 is 18.0 Å². The van der Waals surface area contributed by atoms with E-state index in [-0.39, 0.29) is 18.4 Å². The Morgan fingerprint density at radius 3 is 2.50 bits per heavy atom. The number of rotatable bonds is 5. The molecule has 0 radical (unpaired) electrons. The van der Waals surface area contributed by atoms with E-state index in [0.717, 1.165) is 0 Å². The fraction of sp³-hybridized carbons (Fsp3) is 0.667. The maximum absolute atomic E-state index is 11.8. The van der Waals surface area contributed by atoms with Crippen molar-refractivity contribution in [1.29, 1.82) is 0 Å². The van der Waals surface area contributed by atoms with Crippen LogP contribution in [-0.2, 0) is 11.3 Å². The highest BCUT2D eigenvalue weighted by atomic mass is 16.5. The van der Waals surface area contributed by atoms with Gasteiger partial charge in [0.1, 0.15) is 0 Å². The zero-order valence-corrected chi connectivity index (χ0v) is 12.1. The van der Waals surface area contributed by atoms with Gasteiger partial charge in [0.05, 0.1) is 13.0 Å². The topological polar surface area (TPSA) is 117 Å². The summed E-state index contributed by atoms with van der Waals surface area (Å²) in [4.78, 5) is 26.5. The van der Waals surface area contributed by atoms with Crippen LogP contribution in [0.25, 0.3) is 0 Å². The van der Waals surface area contributed by atoms with Crippen LogP contribution in [0.4, 0.5) is 4.79 Å². The minimum atomic E-state index is -0.960. The summed E-state index contributed by atoms with van der Waals surface area (Å²) < 4.78 is 4.85. The lowest BCUT2D eigenvalue weighted by molar-refractivity contribution is -0.138. The van der Waals surface area contributed by atoms with Crippen molar-refractivity contribution in [2.45, 2.75) is 46.7 Å². The Balaban J connectivity index is 2.51. The van der Waals surface area contributed by atoms with Crippen LogP contribution >= 0.6 is 0 Å². The highest BCUT2D eigenvalue weighted by Gasteiger charge is 2.28. The van der Waals surface area contributed by atoms with Crippen molar-refractivity contribution >= 4 is 12.0 Å². The molecule has 1 atom stereocenters. The lowest BCUT2D eigenvalue weighted by Gasteiger charge is -2.30. The van der Waals surface area contributed by atoms with Crippen molar-refractivity contribution < 1.29 is 19.2 Å². The Kier molecular flexibility index (Phi) is 5.06. The number of nitrogens with one attached hydrogen (secondary N) is 2. The molecule has 2 amide bonds. The van der Waals surface area contributed by atoms with Gasteiger partial charge < -0.3 is 20.3 Å². The molecule has 1 unspecified atom stereocenters. The van der Waals surface area contributed by atoms with Gasteiger partial charge in [0.15, 0.2) is 5.82 Å². The molecule has 1 aromatic heterocycles. The molecule has 1 rings (SSSR count). The molecule has 0 saturated carbocycles. The van der Waals surface area contributed by atoms with Crippen LogP contribution in [0.3, 0.4) is 0 Å². The first kappa shape index (κ1) is 15.9. The van der Waals surface area contributed by atoms with E-state index in [1.54, 1.807) is 6.92 Å². The Hall–Kier alpha value is -2.12. The number of amides is 2. The quantitative estimate of drug-likeness (QED) is 0.744. The van der Waals surface area contributed by atoms with Gasteiger partial charge in [-0.3, -0.25) is 4.79 Å². The van der Waals surface area contributed by atoms with Crippen LogP contribution in [0.5, 0.6) is 0 Å². The van der Waals surface area contributed by atoms with Crippen molar-refractivity contribution in [2.24, 2.45) is 5.41 Å². The first-order chi connectivity index (χ1) is 9.18. The number of nitrogens with zero attached hydrogens (tertiary/aromatic N) is 2. The molecule has 8 nitrogen and oxygen atoms in total. The Labute approximate surface area is 116 Å². The van der Waals surface area contributed by atoms with Crippen LogP contribution in [0.2, 0.25) is 0 Å². The predicted octanol–water partition coefficient (Wildman–Crippen LogP) is 1.07.